The van der Waals surface area contributed by atoms with Crippen LogP contribution in [-0.2, 0) is 4.74 Å². The van der Waals surface area contributed by atoms with E-state index in [4.69, 9.17) is 14.9 Å². The van der Waals surface area contributed by atoms with Crippen molar-refractivity contribution in [3.05, 3.63) is 47.0 Å². The van der Waals surface area contributed by atoms with Crippen molar-refractivity contribution in [2.24, 2.45) is 0 Å². The predicted octanol–water partition coefficient (Wildman–Crippen LogP) is 4.28. The first-order valence-electron chi connectivity index (χ1n) is 7.31. The number of hydrogen-bond acceptors (Lipinski definition) is 6. The van der Waals surface area contributed by atoms with Crippen LogP contribution in [-0.4, -0.2) is 18.2 Å². The third kappa shape index (κ3) is 2.49. The Labute approximate surface area is 143 Å². The van der Waals surface area contributed by atoms with E-state index in [2.05, 4.69) is 0 Å². The maximum Gasteiger partial charge on any atom is 0.344 e. The van der Waals surface area contributed by atoms with Crippen molar-refractivity contribution in [2.75, 3.05) is 12.8 Å². The molecule has 0 saturated heterocycles. The lowest BCUT2D eigenvalue weighted by atomic mass is 10.0. The van der Waals surface area contributed by atoms with E-state index >= 15 is 0 Å². The molecule has 3 rings (SSSR count). The number of phenols is 1. The minimum Gasteiger partial charge on any atom is -0.506 e. The molecule has 0 atom stereocenters. The molecular weight excluding hydrogens is 326 g/mol. The van der Waals surface area contributed by atoms with Gasteiger partial charge in [0, 0.05) is 4.90 Å². The molecule has 0 spiro atoms. The lowest BCUT2D eigenvalue weighted by molar-refractivity contribution is 0.0603. The number of phenolic OH excluding ortho intramolecular Hbond substituents is 1. The van der Waals surface area contributed by atoms with Crippen LogP contribution in [0.5, 0.6) is 5.75 Å². The number of carbonyl (C=O) groups is 1. The minimum atomic E-state index is -0.594. The molecule has 0 aliphatic heterocycles. The van der Waals surface area contributed by atoms with E-state index in [-0.39, 0.29) is 17.2 Å². The molecule has 0 bridgehead atoms. The number of aryl methyl sites for hydroxylation is 1. The summed E-state index contributed by atoms with van der Waals surface area (Å²) in [6.45, 7) is 3.62. The second-order valence-corrected chi connectivity index (χ2v) is 6.46. The van der Waals surface area contributed by atoms with Crippen LogP contribution in [0, 0.1) is 13.8 Å². The van der Waals surface area contributed by atoms with Crippen molar-refractivity contribution >= 4 is 34.6 Å². The minimum absolute atomic E-state index is 0.0140. The van der Waals surface area contributed by atoms with Crippen LogP contribution >= 0.6 is 11.8 Å². The molecule has 5 nitrogen and oxygen atoms in total. The number of anilines is 1. The Morgan fingerprint density at radius 1 is 1.21 bits per heavy atom. The Morgan fingerprint density at radius 3 is 2.50 bits per heavy atom. The fraction of sp³-hybridized carbons (Fsp3) is 0.167. The summed E-state index contributed by atoms with van der Waals surface area (Å²) in [6, 6.07) is 9.57. The van der Waals surface area contributed by atoms with Crippen molar-refractivity contribution in [1.29, 1.82) is 0 Å². The number of fused-ring (bicyclic) bond motifs is 1. The molecule has 2 aromatic carbocycles. The van der Waals surface area contributed by atoms with Gasteiger partial charge in [-0.05, 0) is 37.1 Å². The van der Waals surface area contributed by atoms with Crippen LogP contribution in [0.2, 0.25) is 0 Å². The Bertz CT molecular complexity index is 932. The maximum atomic E-state index is 12.2. The van der Waals surface area contributed by atoms with Gasteiger partial charge in [-0.1, -0.05) is 30.0 Å². The zero-order chi connectivity index (χ0) is 17.4. The van der Waals surface area contributed by atoms with Gasteiger partial charge in [-0.2, -0.15) is 0 Å². The smallest absolute Gasteiger partial charge is 0.344 e. The van der Waals surface area contributed by atoms with Crippen molar-refractivity contribution < 1.29 is 19.1 Å². The first kappa shape index (κ1) is 16.3. The van der Waals surface area contributed by atoms with E-state index in [0.717, 1.165) is 10.5 Å². The highest BCUT2D eigenvalue weighted by atomic mass is 32.2. The van der Waals surface area contributed by atoms with Crippen LogP contribution in [0.3, 0.4) is 0 Å². The summed E-state index contributed by atoms with van der Waals surface area (Å²) in [5.41, 5.74) is 7.96. The van der Waals surface area contributed by atoms with E-state index in [0.29, 0.717) is 21.4 Å². The number of ether oxygens (including phenoxy) is 1. The van der Waals surface area contributed by atoms with Gasteiger partial charge in [0.1, 0.15) is 16.9 Å². The summed E-state index contributed by atoms with van der Waals surface area (Å²) >= 11 is 1.35. The third-order valence-electron chi connectivity index (χ3n) is 3.99. The normalized spacial score (nSPS) is 11.0. The van der Waals surface area contributed by atoms with Crippen LogP contribution in [0.25, 0.3) is 11.0 Å². The standard InChI is InChI=1S/C18H17NO4S/c1-9-10(2)15-12(13(17(19)23-15)18(21)22-3)16(14(9)20)24-11-7-5-4-6-8-11/h4-8,20H,19H2,1-3H3. The zero-order valence-electron chi connectivity index (χ0n) is 13.5. The summed E-state index contributed by atoms with van der Waals surface area (Å²) in [7, 11) is 1.28. The molecule has 1 aromatic heterocycles. The number of methoxy groups -OCH3 is 1. The highest BCUT2D eigenvalue weighted by molar-refractivity contribution is 7.99. The number of rotatable bonds is 3. The molecule has 0 fully saturated rings. The van der Waals surface area contributed by atoms with E-state index in [1.165, 1.54) is 18.9 Å². The van der Waals surface area contributed by atoms with Gasteiger partial charge in [-0.15, -0.1) is 0 Å². The van der Waals surface area contributed by atoms with Crippen LogP contribution in [0.15, 0.2) is 44.5 Å². The zero-order valence-corrected chi connectivity index (χ0v) is 14.4. The highest BCUT2D eigenvalue weighted by Gasteiger charge is 2.27. The van der Waals surface area contributed by atoms with Gasteiger partial charge in [-0.3, -0.25) is 0 Å². The molecule has 0 radical (unpaired) electrons. The van der Waals surface area contributed by atoms with Gasteiger partial charge in [-0.25, -0.2) is 4.79 Å². The fourth-order valence-electron chi connectivity index (χ4n) is 2.58. The lowest BCUT2D eigenvalue weighted by Crippen LogP contribution is -2.04. The molecule has 3 aromatic rings. The number of esters is 1. The number of nitrogen functional groups attached to an aromatic ring is 1. The van der Waals surface area contributed by atoms with Crippen molar-refractivity contribution in [3.8, 4) is 5.75 Å². The van der Waals surface area contributed by atoms with Gasteiger partial charge in [0.25, 0.3) is 0 Å². The first-order chi connectivity index (χ1) is 11.5. The Morgan fingerprint density at radius 2 is 1.88 bits per heavy atom. The SMILES string of the molecule is COC(=O)c1c(N)oc2c(C)c(C)c(O)c(Sc3ccccc3)c12. The summed E-state index contributed by atoms with van der Waals surface area (Å²) in [5, 5.41) is 11.2. The number of aromatic hydroxyl groups is 1. The molecule has 3 N–H and O–H groups in total. The van der Waals surface area contributed by atoms with E-state index in [9.17, 15) is 9.90 Å². The lowest BCUT2D eigenvalue weighted by Gasteiger charge is -2.12. The van der Waals surface area contributed by atoms with E-state index in [1.54, 1.807) is 6.92 Å². The molecule has 124 valence electrons. The van der Waals surface area contributed by atoms with Gasteiger partial charge in [0.2, 0.25) is 5.88 Å². The van der Waals surface area contributed by atoms with Gasteiger partial charge >= 0.3 is 5.97 Å². The summed E-state index contributed by atoms with van der Waals surface area (Å²) < 4.78 is 10.4. The highest BCUT2D eigenvalue weighted by Crippen LogP contribution is 2.47. The van der Waals surface area contributed by atoms with E-state index in [1.807, 2.05) is 37.3 Å². The molecule has 0 unspecified atom stereocenters. The Hall–Kier alpha value is -2.60. The quantitative estimate of drug-likeness (QED) is 0.691. The van der Waals surface area contributed by atoms with E-state index < -0.39 is 5.97 Å². The molecule has 0 aliphatic carbocycles. The summed E-state index contributed by atoms with van der Waals surface area (Å²) in [5.74, 6) is -0.497. The number of furan rings is 1. The average molecular weight is 343 g/mol. The molecule has 1 heterocycles. The Kier molecular flexibility index (Phi) is 4.15. The first-order valence-corrected chi connectivity index (χ1v) is 8.12. The van der Waals surface area contributed by atoms with Crippen molar-refractivity contribution in [3.63, 3.8) is 0 Å². The monoisotopic (exact) mass is 343 g/mol. The number of hydrogen-bond donors (Lipinski definition) is 2. The summed E-state index contributed by atoms with van der Waals surface area (Å²) in [6.07, 6.45) is 0. The second kappa shape index (κ2) is 6.13. The molecule has 24 heavy (non-hydrogen) atoms. The number of nitrogens with two attached hydrogens (primary N) is 1. The van der Waals surface area contributed by atoms with Crippen LogP contribution < -0.4 is 5.73 Å². The van der Waals surface area contributed by atoms with Gasteiger partial charge in [0.15, 0.2) is 0 Å². The second-order valence-electron chi connectivity index (χ2n) is 5.38. The molecule has 0 saturated carbocycles. The maximum absolute atomic E-state index is 12.2. The van der Waals surface area contributed by atoms with Gasteiger partial charge in [0.05, 0.1) is 17.4 Å². The predicted molar refractivity (Wildman–Crippen MR) is 93.7 cm³/mol. The number of carbonyl (C=O) groups excluding carboxylic acids is 1. The third-order valence-corrected chi connectivity index (χ3v) is 5.10. The van der Waals surface area contributed by atoms with Gasteiger partial charge < -0.3 is 20.0 Å². The largest absolute Gasteiger partial charge is 0.506 e. The Balaban J connectivity index is 2.35. The van der Waals surface area contributed by atoms with Crippen molar-refractivity contribution in [1.82, 2.24) is 0 Å². The fourth-order valence-corrected chi connectivity index (χ4v) is 3.65. The topological polar surface area (TPSA) is 85.7 Å². The molecule has 6 heteroatoms. The molecule has 0 amide bonds. The summed E-state index contributed by atoms with van der Waals surface area (Å²) in [4.78, 5) is 13.6. The van der Waals surface area contributed by atoms with Crippen LogP contribution in [0.4, 0.5) is 5.88 Å². The molecule has 0 aliphatic rings. The average Bonchev–Trinajstić information content (AvgIpc) is 2.94. The molecular formula is C18H17NO4S. The van der Waals surface area contributed by atoms with Crippen LogP contribution in [0.1, 0.15) is 21.5 Å². The van der Waals surface area contributed by atoms with Crippen molar-refractivity contribution in [2.45, 2.75) is 23.6 Å². The number of benzene rings is 2.